The van der Waals surface area contributed by atoms with E-state index in [0.29, 0.717) is 12.5 Å². The van der Waals surface area contributed by atoms with Crippen LogP contribution in [0.4, 0.5) is 5.69 Å². The van der Waals surface area contributed by atoms with E-state index in [-0.39, 0.29) is 11.8 Å². The minimum atomic E-state index is -1.02. The predicted octanol–water partition coefficient (Wildman–Crippen LogP) is 0.987. The van der Waals surface area contributed by atoms with Crippen LogP contribution in [0.3, 0.4) is 0 Å². The Morgan fingerprint density at radius 2 is 2.29 bits per heavy atom. The van der Waals surface area contributed by atoms with Gasteiger partial charge in [0.25, 0.3) is 0 Å². The molecule has 1 fully saturated rings. The summed E-state index contributed by atoms with van der Waals surface area (Å²) in [5, 5.41) is 18.5. The second-order valence-corrected chi connectivity index (χ2v) is 4.49. The molecular formula is C12H16N2O3. The average molecular weight is 236 g/mol. The lowest BCUT2D eigenvalue weighted by Gasteiger charge is -2.35. The number of pyridine rings is 1. The summed E-state index contributed by atoms with van der Waals surface area (Å²) in [6, 6.07) is 3.22. The number of hydrogen-bond donors (Lipinski definition) is 2. The van der Waals surface area contributed by atoms with Crippen LogP contribution >= 0.6 is 0 Å². The first-order valence-electron chi connectivity index (χ1n) is 5.70. The first kappa shape index (κ1) is 11.9. The molecule has 5 nitrogen and oxygen atoms in total. The average Bonchev–Trinajstić information content (AvgIpc) is 2.33. The minimum absolute atomic E-state index is 0.0414. The number of carboxylic acid groups (broad SMARTS) is 1. The second-order valence-electron chi connectivity index (χ2n) is 4.49. The number of piperidine rings is 1. The van der Waals surface area contributed by atoms with E-state index in [2.05, 4.69) is 4.98 Å². The van der Waals surface area contributed by atoms with E-state index in [1.165, 1.54) is 6.07 Å². The fourth-order valence-corrected chi connectivity index (χ4v) is 1.98. The number of β-amino-alcohol motifs (C(OH)–C–C–N with tert-alkyl or cyclic N) is 1. The van der Waals surface area contributed by atoms with E-state index < -0.39 is 5.97 Å². The quantitative estimate of drug-likeness (QED) is 0.801. The van der Waals surface area contributed by atoms with Crippen LogP contribution < -0.4 is 4.90 Å². The Bertz CT molecular complexity index is 405. The number of aliphatic hydroxyl groups excluding tert-OH is 1. The molecule has 2 atom stereocenters. The molecule has 1 aromatic rings. The third-order valence-electron chi connectivity index (χ3n) is 3.25. The van der Waals surface area contributed by atoms with Gasteiger partial charge in [-0.15, -0.1) is 0 Å². The molecule has 5 heteroatoms. The SMILES string of the molecule is CC1CCN(c2ccc(C(=O)O)nc2)CC1O. The molecule has 0 radical (unpaired) electrons. The van der Waals surface area contributed by atoms with Crippen molar-refractivity contribution in [1.82, 2.24) is 4.98 Å². The highest BCUT2D eigenvalue weighted by Gasteiger charge is 2.24. The zero-order valence-corrected chi connectivity index (χ0v) is 9.71. The molecule has 2 N–H and O–H groups in total. The molecule has 17 heavy (non-hydrogen) atoms. The van der Waals surface area contributed by atoms with Gasteiger partial charge in [-0.1, -0.05) is 6.92 Å². The van der Waals surface area contributed by atoms with Gasteiger partial charge in [0.15, 0.2) is 0 Å². The van der Waals surface area contributed by atoms with Crippen LogP contribution in [-0.4, -0.2) is 40.4 Å². The van der Waals surface area contributed by atoms with Gasteiger partial charge in [-0.3, -0.25) is 0 Å². The highest BCUT2D eigenvalue weighted by Crippen LogP contribution is 2.22. The predicted molar refractivity (Wildman–Crippen MR) is 63.2 cm³/mol. The molecule has 1 aromatic heterocycles. The minimum Gasteiger partial charge on any atom is -0.477 e. The number of hydrogen-bond acceptors (Lipinski definition) is 4. The molecule has 1 aliphatic heterocycles. The van der Waals surface area contributed by atoms with Crippen molar-refractivity contribution in [2.45, 2.75) is 19.4 Å². The van der Waals surface area contributed by atoms with Crippen molar-refractivity contribution in [3.63, 3.8) is 0 Å². The Morgan fingerprint density at radius 3 is 2.82 bits per heavy atom. The maximum absolute atomic E-state index is 10.7. The Balaban J connectivity index is 2.10. The van der Waals surface area contributed by atoms with E-state index >= 15 is 0 Å². The normalized spacial score (nSPS) is 24.7. The maximum Gasteiger partial charge on any atom is 0.354 e. The van der Waals surface area contributed by atoms with E-state index in [1.807, 2.05) is 11.8 Å². The van der Waals surface area contributed by atoms with Gasteiger partial charge >= 0.3 is 5.97 Å². The Hall–Kier alpha value is -1.62. The molecule has 2 rings (SSSR count). The van der Waals surface area contributed by atoms with Crippen LogP contribution in [-0.2, 0) is 0 Å². The van der Waals surface area contributed by atoms with Crippen molar-refractivity contribution in [3.05, 3.63) is 24.0 Å². The van der Waals surface area contributed by atoms with E-state index in [0.717, 1.165) is 18.7 Å². The molecule has 0 aromatic carbocycles. The Labute approximate surface area is 99.7 Å². The van der Waals surface area contributed by atoms with Gasteiger partial charge < -0.3 is 15.1 Å². The van der Waals surface area contributed by atoms with Gasteiger partial charge in [0.05, 0.1) is 18.0 Å². The number of aromatic nitrogens is 1. The number of aromatic carboxylic acids is 1. The molecule has 0 saturated carbocycles. The zero-order valence-electron chi connectivity index (χ0n) is 9.71. The summed E-state index contributed by atoms with van der Waals surface area (Å²) < 4.78 is 0. The molecular weight excluding hydrogens is 220 g/mol. The summed E-state index contributed by atoms with van der Waals surface area (Å²) >= 11 is 0. The van der Waals surface area contributed by atoms with E-state index in [9.17, 15) is 9.90 Å². The van der Waals surface area contributed by atoms with Crippen LogP contribution in [0.15, 0.2) is 18.3 Å². The zero-order chi connectivity index (χ0) is 12.4. The van der Waals surface area contributed by atoms with Gasteiger partial charge in [-0.2, -0.15) is 0 Å². The number of rotatable bonds is 2. The molecule has 0 bridgehead atoms. The number of anilines is 1. The number of carbonyl (C=O) groups is 1. The van der Waals surface area contributed by atoms with Gasteiger partial charge in [-0.25, -0.2) is 9.78 Å². The van der Waals surface area contributed by atoms with Crippen molar-refractivity contribution in [2.24, 2.45) is 5.92 Å². The summed E-state index contributed by atoms with van der Waals surface area (Å²) in [6.07, 6.45) is 2.15. The lowest BCUT2D eigenvalue weighted by Crippen LogP contribution is -2.42. The highest BCUT2D eigenvalue weighted by molar-refractivity contribution is 5.85. The summed E-state index contributed by atoms with van der Waals surface area (Å²) in [6.45, 7) is 3.48. The van der Waals surface area contributed by atoms with E-state index in [1.54, 1.807) is 12.3 Å². The van der Waals surface area contributed by atoms with Crippen molar-refractivity contribution < 1.29 is 15.0 Å². The topological polar surface area (TPSA) is 73.7 Å². The third kappa shape index (κ3) is 2.55. The van der Waals surface area contributed by atoms with Gasteiger partial charge in [0.2, 0.25) is 0 Å². The van der Waals surface area contributed by atoms with Crippen molar-refractivity contribution in [1.29, 1.82) is 0 Å². The molecule has 1 aliphatic rings. The van der Waals surface area contributed by atoms with Gasteiger partial charge in [0.1, 0.15) is 5.69 Å². The van der Waals surface area contributed by atoms with Crippen LogP contribution in [0, 0.1) is 5.92 Å². The summed E-state index contributed by atoms with van der Waals surface area (Å²) in [5.74, 6) is -0.707. The smallest absolute Gasteiger partial charge is 0.354 e. The molecule has 2 heterocycles. The first-order chi connectivity index (χ1) is 8.08. The van der Waals surface area contributed by atoms with Crippen LogP contribution in [0.1, 0.15) is 23.8 Å². The molecule has 2 unspecified atom stereocenters. The third-order valence-corrected chi connectivity index (χ3v) is 3.25. The summed E-state index contributed by atoms with van der Waals surface area (Å²) in [5.41, 5.74) is 0.903. The van der Waals surface area contributed by atoms with E-state index in [4.69, 9.17) is 5.11 Å². The fraction of sp³-hybridized carbons (Fsp3) is 0.500. The van der Waals surface area contributed by atoms with Crippen molar-refractivity contribution >= 4 is 11.7 Å². The molecule has 0 amide bonds. The summed E-state index contributed by atoms with van der Waals surface area (Å²) in [4.78, 5) is 16.6. The van der Waals surface area contributed by atoms with Gasteiger partial charge in [0, 0.05) is 13.1 Å². The monoisotopic (exact) mass is 236 g/mol. The maximum atomic E-state index is 10.7. The molecule has 0 aliphatic carbocycles. The lowest BCUT2D eigenvalue weighted by molar-refractivity contribution is 0.0690. The lowest BCUT2D eigenvalue weighted by atomic mass is 9.96. The van der Waals surface area contributed by atoms with Gasteiger partial charge in [-0.05, 0) is 24.5 Å². The number of aliphatic hydroxyl groups is 1. The summed E-state index contributed by atoms with van der Waals surface area (Å²) in [7, 11) is 0. The molecule has 92 valence electrons. The number of nitrogens with zero attached hydrogens (tertiary/aromatic N) is 2. The van der Waals surface area contributed by atoms with Crippen molar-refractivity contribution in [2.75, 3.05) is 18.0 Å². The molecule has 1 saturated heterocycles. The van der Waals surface area contributed by atoms with Crippen molar-refractivity contribution in [3.8, 4) is 0 Å². The largest absolute Gasteiger partial charge is 0.477 e. The Morgan fingerprint density at radius 1 is 1.53 bits per heavy atom. The highest BCUT2D eigenvalue weighted by atomic mass is 16.4. The molecule has 0 spiro atoms. The number of carboxylic acids is 1. The van der Waals surface area contributed by atoms with Crippen LogP contribution in [0.2, 0.25) is 0 Å². The standard InChI is InChI=1S/C12H16N2O3/c1-8-4-5-14(7-11(8)15)9-2-3-10(12(16)17)13-6-9/h2-3,6,8,11,15H,4-5,7H2,1H3,(H,16,17). The fourth-order valence-electron chi connectivity index (χ4n) is 1.98. The van der Waals surface area contributed by atoms with Crippen LogP contribution in [0.25, 0.3) is 0 Å². The van der Waals surface area contributed by atoms with Crippen LogP contribution in [0.5, 0.6) is 0 Å². The first-order valence-corrected chi connectivity index (χ1v) is 5.70. The second kappa shape index (κ2) is 4.71. The Kier molecular flexibility index (Phi) is 3.28.